The lowest BCUT2D eigenvalue weighted by Gasteiger charge is -2.48. The van der Waals surface area contributed by atoms with Crippen molar-refractivity contribution in [1.29, 1.82) is 0 Å². The monoisotopic (exact) mass is 757 g/mol. The number of nitrogens with one attached hydrogen (secondary N) is 2. The fraction of sp³-hybridized carbons (Fsp3) is 0.579. The van der Waals surface area contributed by atoms with Crippen molar-refractivity contribution in [3.05, 3.63) is 48.5 Å². The summed E-state index contributed by atoms with van der Waals surface area (Å²) in [7, 11) is 0. The molecule has 0 radical (unpaired) electrons. The van der Waals surface area contributed by atoms with E-state index < -0.39 is 17.9 Å². The second-order valence-corrected chi connectivity index (χ2v) is 16.0. The lowest BCUT2D eigenvalue weighted by molar-refractivity contribution is -0.148. The molecule has 5 fully saturated rings. The third-order valence-electron chi connectivity index (χ3n) is 11.8. The first kappa shape index (κ1) is 36.0. The highest BCUT2D eigenvalue weighted by Gasteiger charge is 2.45. The number of anilines is 1. The number of carbonyl (C=O) groups is 3. The van der Waals surface area contributed by atoms with E-state index in [-0.39, 0.29) is 30.3 Å². The summed E-state index contributed by atoms with van der Waals surface area (Å²) in [5, 5.41) is 25.3. The van der Waals surface area contributed by atoms with Crippen LogP contribution in [0.2, 0.25) is 0 Å². The summed E-state index contributed by atoms with van der Waals surface area (Å²) >= 11 is 0. The smallest absolute Gasteiger partial charge is 0.261 e. The van der Waals surface area contributed by atoms with Crippen LogP contribution in [0.4, 0.5) is 10.1 Å². The van der Waals surface area contributed by atoms with Gasteiger partial charge in [-0.15, -0.1) is 0 Å². The molecular weight excluding hydrogens is 709 g/mol. The van der Waals surface area contributed by atoms with Crippen LogP contribution in [0.1, 0.15) is 54.9 Å². The quantitative estimate of drug-likeness (QED) is 0.192. The Morgan fingerprint density at radius 3 is 2.62 bits per heavy atom. The van der Waals surface area contributed by atoms with Gasteiger partial charge in [0.15, 0.2) is 5.65 Å². The standard InChI is InChI=1S/C38H48FN11O5/c39-38(23-47(24-38)13-12-45-14-15-48(34(52)20-45)31-4-5-33(51)43-37(31)54)22-46-10-6-27(7-11-46)50-19-26-16-30(32(17-29(26)44-50)55-21-25-2-3-25)42-36(53)28-18-41-49-9-1-8-40-35(28)49/h1,8-9,16-19,25,27,31,33,51H,2-7,10-15,20-24H2,(H,42,53)(H,43,54). The number of aromatic nitrogens is 5. The number of rotatable bonds is 12. The van der Waals surface area contributed by atoms with Crippen molar-refractivity contribution in [2.75, 3.05) is 77.4 Å². The van der Waals surface area contributed by atoms with Crippen molar-refractivity contribution < 1.29 is 28.6 Å². The lowest BCUT2D eigenvalue weighted by Crippen LogP contribution is -2.65. The van der Waals surface area contributed by atoms with E-state index in [1.54, 1.807) is 27.9 Å². The molecule has 3 aromatic heterocycles. The average molecular weight is 758 g/mol. The third-order valence-corrected chi connectivity index (χ3v) is 11.8. The molecule has 17 heteroatoms. The molecule has 4 aliphatic heterocycles. The minimum atomic E-state index is -1.25. The van der Waals surface area contributed by atoms with Gasteiger partial charge < -0.3 is 25.4 Å². The van der Waals surface area contributed by atoms with Crippen molar-refractivity contribution in [2.24, 2.45) is 5.92 Å². The van der Waals surface area contributed by atoms with E-state index in [9.17, 15) is 19.5 Å². The van der Waals surface area contributed by atoms with Crippen LogP contribution >= 0.6 is 0 Å². The zero-order chi connectivity index (χ0) is 37.7. The number of ether oxygens (including phenoxy) is 1. The zero-order valence-corrected chi connectivity index (χ0v) is 30.9. The molecule has 16 nitrogen and oxygen atoms in total. The van der Waals surface area contributed by atoms with Crippen molar-refractivity contribution in [3.63, 3.8) is 0 Å². The maximum atomic E-state index is 15.8. The molecule has 3 N–H and O–H groups in total. The number of piperidine rings is 2. The number of fused-ring (bicyclic) bond motifs is 2. The molecule has 1 aliphatic carbocycles. The minimum Gasteiger partial charge on any atom is -0.491 e. The number of aliphatic hydroxyl groups excluding tert-OH is 1. The second kappa shape index (κ2) is 14.7. The Labute approximate surface area is 317 Å². The van der Waals surface area contributed by atoms with Crippen LogP contribution in [0.25, 0.3) is 16.6 Å². The molecule has 3 amide bonds. The Bertz CT molecular complexity index is 2070. The molecular formula is C38H48FN11O5. The molecule has 5 aliphatic rings. The summed E-state index contributed by atoms with van der Waals surface area (Å²) in [4.78, 5) is 50.9. The molecule has 1 saturated carbocycles. The van der Waals surface area contributed by atoms with E-state index in [0.717, 1.165) is 49.7 Å². The number of likely N-dealkylation sites (tertiary alicyclic amines) is 2. The summed E-state index contributed by atoms with van der Waals surface area (Å²) in [6.07, 6.45) is 11.0. The van der Waals surface area contributed by atoms with Gasteiger partial charge in [0.05, 0.1) is 36.6 Å². The SMILES string of the molecule is O=C(Nc1cc2cn(C3CCN(CC4(F)CN(CCN5CCN(C6CCC(O)NC6=O)C(=O)C5)C4)CC3)nc2cc1OCC1CC1)c1cnn2cccnc12. The van der Waals surface area contributed by atoms with Gasteiger partial charge in [0.1, 0.15) is 29.3 Å². The zero-order valence-electron chi connectivity index (χ0n) is 30.9. The van der Waals surface area contributed by atoms with Crippen molar-refractivity contribution in [1.82, 2.24) is 49.3 Å². The van der Waals surface area contributed by atoms with Gasteiger partial charge in [0, 0.05) is 88.9 Å². The lowest BCUT2D eigenvalue weighted by atomic mass is 9.94. The molecule has 2 unspecified atom stereocenters. The largest absolute Gasteiger partial charge is 0.491 e. The predicted octanol–water partition coefficient (Wildman–Crippen LogP) is 1.52. The summed E-state index contributed by atoms with van der Waals surface area (Å²) in [5.41, 5.74) is 0.974. The highest BCUT2D eigenvalue weighted by atomic mass is 19.1. The Kier molecular flexibility index (Phi) is 9.64. The number of benzene rings is 1. The van der Waals surface area contributed by atoms with Crippen LogP contribution in [0.15, 0.2) is 43.0 Å². The van der Waals surface area contributed by atoms with Gasteiger partial charge in [-0.3, -0.25) is 33.8 Å². The first-order valence-corrected chi connectivity index (χ1v) is 19.6. The van der Waals surface area contributed by atoms with E-state index in [2.05, 4.69) is 35.4 Å². The van der Waals surface area contributed by atoms with Crippen molar-refractivity contribution in [3.8, 4) is 5.75 Å². The fourth-order valence-corrected chi connectivity index (χ4v) is 8.52. The Hall–Kier alpha value is -4.71. The molecule has 4 aromatic rings. The number of alkyl halides is 1. The molecule has 9 rings (SSSR count). The Morgan fingerprint density at radius 1 is 1.02 bits per heavy atom. The van der Waals surface area contributed by atoms with E-state index in [1.807, 2.05) is 23.0 Å². The highest BCUT2D eigenvalue weighted by molar-refractivity contribution is 6.09. The average Bonchev–Trinajstić information content (AvgIpc) is 3.74. The molecule has 0 spiro atoms. The van der Waals surface area contributed by atoms with Crippen LogP contribution < -0.4 is 15.4 Å². The van der Waals surface area contributed by atoms with E-state index in [0.29, 0.717) is 93.8 Å². The number of halogens is 1. The number of nitrogens with zero attached hydrogens (tertiary/aromatic N) is 9. The molecule has 4 saturated heterocycles. The normalized spacial score (nSPS) is 24.3. The predicted molar refractivity (Wildman–Crippen MR) is 199 cm³/mol. The van der Waals surface area contributed by atoms with Crippen LogP contribution in [0.5, 0.6) is 5.75 Å². The van der Waals surface area contributed by atoms with E-state index in [1.165, 1.54) is 6.20 Å². The molecule has 7 heterocycles. The number of hydrogen-bond acceptors (Lipinski definition) is 11. The summed E-state index contributed by atoms with van der Waals surface area (Å²) in [6, 6.07) is 5.25. The number of hydrogen-bond donors (Lipinski definition) is 3. The fourth-order valence-electron chi connectivity index (χ4n) is 8.52. The Morgan fingerprint density at radius 2 is 1.84 bits per heavy atom. The first-order chi connectivity index (χ1) is 26.7. The van der Waals surface area contributed by atoms with Gasteiger partial charge in [-0.2, -0.15) is 10.2 Å². The molecule has 292 valence electrons. The molecule has 0 bridgehead atoms. The van der Waals surface area contributed by atoms with Gasteiger partial charge >= 0.3 is 0 Å². The minimum absolute atomic E-state index is 0.0765. The number of amides is 3. The van der Waals surface area contributed by atoms with Gasteiger partial charge in [-0.1, -0.05) is 0 Å². The first-order valence-electron chi connectivity index (χ1n) is 19.6. The van der Waals surface area contributed by atoms with Gasteiger partial charge in [0.25, 0.3) is 5.91 Å². The van der Waals surface area contributed by atoms with Crippen LogP contribution in [0.3, 0.4) is 0 Å². The van der Waals surface area contributed by atoms with Crippen LogP contribution in [-0.4, -0.2) is 157 Å². The van der Waals surface area contributed by atoms with Crippen molar-refractivity contribution in [2.45, 2.75) is 62.5 Å². The van der Waals surface area contributed by atoms with Gasteiger partial charge in [0.2, 0.25) is 11.8 Å². The van der Waals surface area contributed by atoms with Gasteiger partial charge in [-0.05, 0) is 56.6 Å². The maximum Gasteiger partial charge on any atom is 0.261 e. The third kappa shape index (κ3) is 7.75. The van der Waals surface area contributed by atoms with Crippen molar-refractivity contribution >= 4 is 40.0 Å². The summed E-state index contributed by atoms with van der Waals surface area (Å²) in [5.74, 6) is 0.438. The number of piperazine rings is 1. The van der Waals surface area contributed by atoms with Gasteiger partial charge in [-0.25, -0.2) is 13.9 Å². The van der Waals surface area contributed by atoms with Crippen LogP contribution in [-0.2, 0) is 9.59 Å². The van der Waals surface area contributed by atoms with E-state index in [4.69, 9.17) is 9.84 Å². The second-order valence-electron chi connectivity index (χ2n) is 16.0. The summed E-state index contributed by atoms with van der Waals surface area (Å²) in [6.45, 7) is 6.08. The van der Waals surface area contributed by atoms with E-state index >= 15 is 4.39 Å². The Balaban J connectivity index is 0.757. The maximum absolute atomic E-state index is 15.8. The molecule has 2 atom stereocenters. The number of carbonyl (C=O) groups excluding carboxylic acids is 3. The van der Waals surface area contributed by atoms with Crippen LogP contribution in [0, 0.1) is 5.92 Å². The number of aliphatic hydroxyl groups is 1. The summed E-state index contributed by atoms with van der Waals surface area (Å²) < 4.78 is 25.6. The molecule has 55 heavy (non-hydrogen) atoms. The topological polar surface area (TPSA) is 166 Å². The molecule has 1 aromatic carbocycles. The highest BCUT2D eigenvalue weighted by Crippen LogP contribution is 2.36.